The summed E-state index contributed by atoms with van der Waals surface area (Å²) in [5.74, 6) is -0.151. The van der Waals surface area contributed by atoms with E-state index in [1.54, 1.807) is 23.1 Å². The fourth-order valence-corrected chi connectivity index (χ4v) is 3.55. The van der Waals surface area contributed by atoms with Gasteiger partial charge in [0.05, 0.1) is 12.1 Å². The number of primary amides is 1. The normalized spacial score (nSPS) is 20.5. The largest absolute Gasteiger partial charge is 0.394 e. The number of benzene rings is 1. The van der Waals surface area contributed by atoms with Gasteiger partial charge in [-0.2, -0.15) is 0 Å². The molecule has 0 bridgehead atoms. The Labute approximate surface area is 143 Å². The number of hydrogen-bond acceptors (Lipinski definition) is 3. The molecule has 0 radical (unpaired) electrons. The van der Waals surface area contributed by atoms with Crippen LogP contribution >= 0.6 is 0 Å². The Kier molecular flexibility index (Phi) is 5.49. The molecule has 0 aromatic heterocycles. The van der Waals surface area contributed by atoms with Crippen molar-refractivity contribution >= 4 is 17.6 Å². The van der Waals surface area contributed by atoms with E-state index in [1.165, 1.54) is 0 Å². The summed E-state index contributed by atoms with van der Waals surface area (Å²) in [6.45, 7) is 6.61. The number of urea groups is 1. The lowest BCUT2D eigenvalue weighted by Crippen LogP contribution is -2.52. The van der Waals surface area contributed by atoms with E-state index in [0.717, 1.165) is 24.8 Å². The molecule has 1 aliphatic rings. The molecule has 24 heavy (non-hydrogen) atoms. The summed E-state index contributed by atoms with van der Waals surface area (Å²) in [7, 11) is 0. The first-order valence-corrected chi connectivity index (χ1v) is 8.39. The van der Waals surface area contributed by atoms with Crippen molar-refractivity contribution in [2.45, 2.75) is 45.6 Å². The minimum atomic E-state index is -0.531. The summed E-state index contributed by atoms with van der Waals surface area (Å²) in [4.78, 5) is 25.9. The Bertz CT molecular complexity index is 630. The number of rotatable bonds is 5. The van der Waals surface area contributed by atoms with Crippen LogP contribution in [0.15, 0.2) is 18.2 Å². The molecule has 1 atom stereocenters. The Morgan fingerprint density at radius 3 is 2.71 bits per heavy atom. The summed E-state index contributed by atoms with van der Waals surface area (Å²) < 4.78 is 0. The molecule has 6 heteroatoms. The maximum atomic E-state index is 12.8. The van der Waals surface area contributed by atoms with Crippen LogP contribution < -0.4 is 11.1 Å². The van der Waals surface area contributed by atoms with Crippen LogP contribution in [0.5, 0.6) is 0 Å². The second kappa shape index (κ2) is 7.21. The van der Waals surface area contributed by atoms with Crippen LogP contribution in [-0.2, 0) is 0 Å². The number of likely N-dealkylation sites (tertiary alicyclic amines) is 1. The van der Waals surface area contributed by atoms with E-state index in [4.69, 9.17) is 5.73 Å². The molecular formula is C18H27N3O3. The number of nitrogens with two attached hydrogens (primary N) is 1. The van der Waals surface area contributed by atoms with E-state index in [2.05, 4.69) is 19.2 Å². The van der Waals surface area contributed by atoms with Gasteiger partial charge in [0.15, 0.2) is 0 Å². The highest BCUT2D eigenvalue weighted by atomic mass is 16.3. The smallest absolute Gasteiger partial charge is 0.322 e. The zero-order valence-corrected chi connectivity index (χ0v) is 14.6. The zero-order chi connectivity index (χ0) is 17.9. The summed E-state index contributed by atoms with van der Waals surface area (Å²) in [5.41, 5.74) is 6.58. The molecule has 0 saturated carbocycles. The number of nitrogens with zero attached hydrogens (tertiary/aromatic N) is 1. The van der Waals surface area contributed by atoms with Crippen LogP contribution in [0, 0.1) is 12.8 Å². The Hall–Kier alpha value is -2.08. The first kappa shape index (κ1) is 18.3. The van der Waals surface area contributed by atoms with Gasteiger partial charge in [0.25, 0.3) is 0 Å². The maximum absolute atomic E-state index is 12.8. The van der Waals surface area contributed by atoms with E-state index < -0.39 is 11.4 Å². The quantitative estimate of drug-likeness (QED) is 0.772. The third-order valence-electron chi connectivity index (χ3n) is 4.69. The molecule has 2 rings (SSSR count). The molecule has 0 spiro atoms. The monoisotopic (exact) mass is 333 g/mol. The summed E-state index contributed by atoms with van der Waals surface area (Å²) in [6.07, 6.45) is 2.44. The van der Waals surface area contributed by atoms with Crippen molar-refractivity contribution in [1.29, 1.82) is 0 Å². The predicted molar refractivity (Wildman–Crippen MR) is 93.9 cm³/mol. The molecule has 0 aliphatic carbocycles. The highest BCUT2D eigenvalue weighted by molar-refractivity contribution is 5.96. The average molecular weight is 333 g/mol. The molecule has 4 N–H and O–H groups in total. The minimum Gasteiger partial charge on any atom is -0.394 e. The average Bonchev–Trinajstić information content (AvgIpc) is 2.92. The van der Waals surface area contributed by atoms with Gasteiger partial charge in [-0.05, 0) is 49.8 Å². The number of aryl methyl sites for hydroxylation is 1. The van der Waals surface area contributed by atoms with Crippen molar-refractivity contribution < 1.29 is 14.7 Å². The zero-order valence-electron chi connectivity index (χ0n) is 14.6. The Balaban J connectivity index is 2.22. The van der Waals surface area contributed by atoms with Crippen molar-refractivity contribution in [3.63, 3.8) is 0 Å². The molecule has 132 valence electrons. The SMILES string of the molecule is Cc1ccc(C(N)=O)cc1NC(=O)N1CCC[C@]1(CO)CC(C)C. The van der Waals surface area contributed by atoms with Crippen LogP contribution in [0.1, 0.15) is 49.0 Å². The van der Waals surface area contributed by atoms with Crippen LogP contribution in [0.25, 0.3) is 0 Å². The second-order valence-corrected chi connectivity index (χ2v) is 7.06. The van der Waals surface area contributed by atoms with Crippen LogP contribution in [0.4, 0.5) is 10.5 Å². The van der Waals surface area contributed by atoms with Gasteiger partial charge in [0, 0.05) is 17.8 Å². The van der Waals surface area contributed by atoms with E-state index in [-0.39, 0.29) is 12.6 Å². The van der Waals surface area contributed by atoms with Crippen LogP contribution in [-0.4, -0.2) is 40.6 Å². The summed E-state index contributed by atoms with van der Waals surface area (Å²) in [6, 6.07) is 4.74. The number of anilines is 1. The molecule has 6 nitrogen and oxygen atoms in total. The second-order valence-electron chi connectivity index (χ2n) is 7.06. The number of amides is 3. The standard InChI is InChI=1S/C18H27N3O3/c1-12(2)10-18(11-22)7-4-8-21(18)17(24)20-15-9-14(16(19)23)6-5-13(15)3/h5-6,9,12,22H,4,7-8,10-11H2,1-3H3,(H2,19,23)(H,20,24)/t18-/m1/s1. The van der Waals surface area contributed by atoms with Gasteiger partial charge in [0.1, 0.15) is 0 Å². The number of hydrogen-bond donors (Lipinski definition) is 3. The Morgan fingerprint density at radius 1 is 1.42 bits per heavy atom. The lowest BCUT2D eigenvalue weighted by atomic mass is 9.87. The van der Waals surface area contributed by atoms with E-state index in [0.29, 0.717) is 23.7 Å². The fraction of sp³-hybridized carbons (Fsp3) is 0.556. The van der Waals surface area contributed by atoms with Gasteiger partial charge < -0.3 is 21.1 Å². The molecule has 1 saturated heterocycles. The topological polar surface area (TPSA) is 95.7 Å². The van der Waals surface area contributed by atoms with Gasteiger partial charge in [-0.3, -0.25) is 4.79 Å². The lowest BCUT2D eigenvalue weighted by Gasteiger charge is -2.38. The summed E-state index contributed by atoms with van der Waals surface area (Å²) in [5, 5.41) is 12.8. The number of carbonyl (C=O) groups excluding carboxylic acids is 2. The minimum absolute atomic E-state index is 0.0428. The van der Waals surface area contributed by atoms with Gasteiger partial charge in [-0.15, -0.1) is 0 Å². The highest BCUT2D eigenvalue weighted by Gasteiger charge is 2.43. The molecule has 1 aromatic carbocycles. The molecule has 0 unspecified atom stereocenters. The van der Waals surface area contributed by atoms with E-state index in [1.807, 2.05) is 6.92 Å². The summed E-state index contributed by atoms with van der Waals surface area (Å²) >= 11 is 0. The van der Waals surface area contributed by atoms with E-state index >= 15 is 0 Å². The molecule has 3 amide bonds. The third-order valence-corrected chi connectivity index (χ3v) is 4.69. The van der Waals surface area contributed by atoms with Crippen molar-refractivity contribution in [2.75, 3.05) is 18.5 Å². The predicted octanol–water partition coefficient (Wildman–Crippen LogP) is 2.50. The first-order chi connectivity index (χ1) is 11.3. The maximum Gasteiger partial charge on any atom is 0.322 e. The van der Waals surface area contributed by atoms with Crippen molar-refractivity contribution in [3.8, 4) is 0 Å². The number of carbonyl (C=O) groups is 2. The fourth-order valence-electron chi connectivity index (χ4n) is 3.55. The molecule has 1 heterocycles. The van der Waals surface area contributed by atoms with Crippen LogP contribution in [0.3, 0.4) is 0 Å². The van der Waals surface area contributed by atoms with Crippen LogP contribution in [0.2, 0.25) is 0 Å². The van der Waals surface area contributed by atoms with Gasteiger partial charge in [-0.1, -0.05) is 19.9 Å². The molecule has 1 aliphatic heterocycles. The lowest BCUT2D eigenvalue weighted by molar-refractivity contribution is 0.0728. The van der Waals surface area contributed by atoms with Crippen molar-refractivity contribution in [3.05, 3.63) is 29.3 Å². The first-order valence-electron chi connectivity index (χ1n) is 8.39. The highest BCUT2D eigenvalue weighted by Crippen LogP contribution is 2.35. The third kappa shape index (κ3) is 3.70. The number of aliphatic hydroxyl groups is 1. The Morgan fingerprint density at radius 2 is 2.12 bits per heavy atom. The number of aliphatic hydroxyl groups excluding tert-OH is 1. The van der Waals surface area contributed by atoms with Gasteiger partial charge in [0.2, 0.25) is 5.91 Å². The molecule has 1 aromatic rings. The van der Waals surface area contributed by atoms with Crippen molar-refractivity contribution in [1.82, 2.24) is 4.90 Å². The van der Waals surface area contributed by atoms with Gasteiger partial charge >= 0.3 is 6.03 Å². The van der Waals surface area contributed by atoms with E-state index in [9.17, 15) is 14.7 Å². The van der Waals surface area contributed by atoms with Crippen molar-refractivity contribution in [2.24, 2.45) is 11.7 Å². The number of nitrogens with one attached hydrogen (secondary N) is 1. The molecular weight excluding hydrogens is 306 g/mol. The molecule has 1 fully saturated rings. The van der Waals surface area contributed by atoms with Gasteiger partial charge in [-0.25, -0.2) is 4.79 Å².